The van der Waals surface area contributed by atoms with Crippen LogP contribution in [0.25, 0.3) is 0 Å². The third-order valence-electron chi connectivity index (χ3n) is 3.47. The first-order valence-electron chi connectivity index (χ1n) is 6.24. The summed E-state index contributed by atoms with van der Waals surface area (Å²) in [6.07, 6.45) is 8.69. The van der Waals surface area contributed by atoms with Crippen molar-refractivity contribution in [2.75, 3.05) is 5.73 Å². The molecule has 2 nitrogen and oxygen atoms in total. The van der Waals surface area contributed by atoms with Gasteiger partial charge in [-0.25, -0.2) is 4.98 Å². The van der Waals surface area contributed by atoms with Crippen LogP contribution in [-0.4, -0.2) is 10.2 Å². The minimum absolute atomic E-state index is 0.633. The summed E-state index contributed by atoms with van der Waals surface area (Å²) >= 11 is 5.32. The Bertz CT molecular complexity index is 378. The van der Waals surface area contributed by atoms with E-state index in [1.165, 1.54) is 32.1 Å². The molecule has 1 aromatic heterocycles. The van der Waals surface area contributed by atoms with E-state index in [2.05, 4.69) is 33.9 Å². The third kappa shape index (κ3) is 3.62. The second-order valence-corrected chi connectivity index (χ2v) is 7.09. The predicted octanol–water partition coefficient (Wildman–Crippen LogP) is 4.49. The molecule has 0 aromatic carbocycles. The third-order valence-corrected chi connectivity index (χ3v) is 5.25. The number of nitrogens with zero attached hydrogens (tertiary/aromatic N) is 1. The van der Waals surface area contributed by atoms with Crippen LogP contribution in [0.15, 0.2) is 21.6 Å². The molecule has 1 unspecified atom stereocenters. The van der Waals surface area contributed by atoms with Crippen LogP contribution in [0.4, 0.5) is 5.82 Å². The smallest absolute Gasteiger partial charge is 0.137 e. The summed E-state index contributed by atoms with van der Waals surface area (Å²) in [5.41, 5.74) is 5.91. The number of anilines is 1. The molecule has 0 saturated heterocycles. The van der Waals surface area contributed by atoms with E-state index in [1.807, 2.05) is 11.8 Å². The van der Waals surface area contributed by atoms with Gasteiger partial charge in [-0.1, -0.05) is 26.2 Å². The number of nitrogen functional groups attached to an aromatic ring is 1. The molecular weight excluding hydrogens is 296 g/mol. The van der Waals surface area contributed by atoms with Gasteiger partial charge < -0.3 is 5.73 Å². The minimum atomic E-state index is 0.633. The maximum absolute atomic E-state index is 5.91. The maximum atomic E-state index is 5.91. The molecule has 1 fully saturated rings. The molecule has 1 saturated carbocycles. The average Bonchev–Trinajstić information content (AvgIpc) is 2.35. The van der Waals surface area contributed by atoms with Crippen molar-refractivity contribution in [1.29, 1.82) is 0 Å². The van der Waals surface area contributed by atoms with Crippen molar-refractivity contribution in [3.05, 3.63) is 16.7 Å². The normalized spacial score (nSPS) is 19.2. The fraction of sp³-hybridized carbons (Fsp3) is 0.615. The Morgan fingerprint density at radius 2 is 2.12 bits per heavy atom. The zero-order chi connectivity index (χ0) is 12.3. The first-order chi connectivity index (χ1) is 8.16. The molecule has 2 N–H and O–H groups in total. The highest BCUT2D eigenvalue weighted by molar-refractivity contribution is 9.10. The number of hydrogen-bond donors (Lipinski definition) is 1. The van der Waals surface area contributed by atoms with Crippen LogP contribution in [0.1, 0.15) is 39.0 Å². The van der Waals surface area contributed by atoms with E-state index in [0.29, 0.717) is 11.1 Å². The molecule has 1 aliphatic rings. The van der Waals surface area contributed by atoms with Crippen LogP contribution < -0.4 is 5.73 Å². The van der Waals surface area contributed by atoms with Gasteiger partial charge in [0.1, 0.15) is 5.82 Å². The fourth-order valence-electron chi connectivity index (χ4n) is 2.43. The number of thioether (sulfide) groups is 1. The molecule has 0 bridgehead atoms. The van der Waals surface area contributed by atoms with Crippen LogP contribution in [0.3, 0.4) is 0 Å². The Balaban J connectivity index is 2.01. The standard InChI is InChI=1S/C13H19BrN2S/c1-9(10-5-3-2-4-6-10)17-12-7-11(14)8-16-13(12)15/h7-10H,2-6H2,1H3,(H2,15,16). The zero-order valence-corrected chi connectivity index (χ0v) is 12.6. The monoisotopic (exact) mass is 314 g/mol. The summed E-state index contributed by atoms with van der Waals surface area (Å²) in [5.74, 6) is 1.49. The predicted molar refractivity (Wildman–Crippen MR) is 78.2 cm³/mol. The second-order valence-electron chi connectivity index (χ2n) is 4.76. The van der Waals surface area contributed by atoms with Crippen LogP contribution in [0.2, 0.25) is 0 Å². The van der Waals surface area contributed by atoms with E-state index in [0.717, 1.165) is 15.3 Å². The summed E-state index contributed by atoms with van der Waals surface area (Å²) < 4.78 is 1.00. The molecule has 0 aliphatic heterocycles. The van der Waals surface area contributed by atoms with E-state index in [-0.39, 0.29) is 0 Å². The van der Waals surface area contributed by atoms with Crippen LogP contribution in [0.5, 0.6) is 0 Å². The lowest BCUT2D eigenvalue weighted by atomic mass is 9.87. The number of hydrogen-bond acceptors (Lipinski definition) is 3. The molecule has 1 heterocycles. The van der Waals surface area contributed by atoms with Gasteiger partial charge in [0, 0.05) is 15.9 Å². The molecule has 1 atom stereocenters. The highest BCUT2D eigenvalue weighted by Gasteiger charge is 2.21. The molecule has 1 aromatic rings. The van der Waals surface area contributed by atoms with Gasteiger partial charge in [-0.05, 0) is 40.8 Å². The van der Waals surface area contributed by atoms with Gasteiger partial charge >= 0.3 is 0 Å². The van der Waals surface area contributed by atoms with Gasteiger partial charge in [0.2, 0.25) is 0 Å². The number of halogens is 1. The van der Waals surface area contributed by atoms with Gasteiger partial charge in [-0.2, -0.15) is 0 Å². The molecule has 17 heavy (non-hydrogen) atoms. The van der Waals surface area contributed by atoms with E-state index in [4.69, 9.17) is 5.73 Å². The fourth-order valence-corrected chi connectivity index (χ4v) is 4.14. The van der Waals surface area contributed by atoms with Crippen molar-refractivity contribution in [3.8, 4) is 0 Å². The van der Waals surface area contributed by atoms with E-state index >= 15 is 0 Å². The van der Waals surface area contributed by atoms with Gasteiger partial charge in [0.15, 0.2) is 0 Å². The second kappa shape index (κ2) is 6.10. The number of pyridine rings is 1. The Hall–Kier alpha value is -0.220. The summed E-state index contributed by atoms with van der Waals surface area (Å²) in [6.45, 7) is 2.32. The van der Waals surface area contributed by atoms with E-state index < -0.39 is 0 Å². The van der Waals surface area contributed by atoms with Crippen molar-refractivity contribution >= 4 is 33.5 Å². The van der Waals surface area contributed by atoms with E-state index in [1.54, 1.807) is 6.20 Å². The zero-order valence-electron chi connectivity index (χ0n) is 10.2. The van der Waals surface area contributed by atoms with Gasteiger partial charge in [-0.15, -0.1) is 11.8 Å². The quantitative estimate of drug-likeness (QED) is 0.836. The molecule has 1 aliphatic carbocycles. The van der Waals surface area contributed by atoms with Crippen molar-refractivity contribution in [1.82, 2.24) is 4.98 Å². The Morgan fingerprint density at radius 3 is 2.82 bits per heavy atom. The van der Waals surface area contributed by atoms with Crippen LogP contribution in [0, 0.1) is 5.92 Å². The van der Waals surface area contributed by atoms with Gasteiger partial charge in [0.05, 0.1) is 4.90 Å². The average molecular weight is 315 g/mol. The highest BCUT2D eigenvalue weighted by atomic mass is 79.9. The van der Waals surface area contributed by atoms with Gasteiger partial charge in [0.25, 0.3) is 0 Å². The Morgan fingerprint density at radius 1 is 1.41 bits per heavy atom. The summed E-state index contributed by atoms with van der Waals surface area (Å²) in [7, 11) is 0. The number of rotatable bonds is 3. The molecular formula is C13H19BrN2S. The summed E-state index contributed by atoms with van der Waals surface area (Å²) in [4.78, 5) is 5.30. The molecule has 0 amide bonds. The highest BCUT2D eigenvalue weighted by Crippen LogP contribution is 2.38. The molecule has 0 radical (unpaired) electrons. The first kappa shape index (κ1) is 13.2. The SMILES string of the molecule is CC(Sc1cc(Br)cnc1N)C1CCCCC1. The van der Waals surface area contributed by atoms with E-state index in [9.17, 15) is 0 Å². The van der Waals surface area contributed by atoms with Crippen molar-refractivity contribution in [2.24, 2.45) is 5.92 Å². The van der Waals surface area contributed by atoms with Crippen molar-refractivity contribution in [2.45, 2.75) is 49.2 Å². The summed E-state index contributed by atoms with van der Waals surface area (Å²) in [5, 5.41) is 0.633. The largest absolute Gasteiger partial charge is 0.383 e. The molecule has 0 spiro atoms. The lowest BCUT2D eigenvalue weighted by Gasteiger charge is -2.27. The maximum Gasteiger partial charge on any atom is 0.137 e. The topological polar surface area (TPSA) is 38.9 Å². The Labute approximate surface area is 116 Å². The van der Waals surface area contributed by atoms with Crippen LogP contribution >= 0.6 is 27.7 Å². The van der Waals surface area contributed by atoms with Crippen LogP contribution in [-0.2, 0) is 0 Å². The number of nitrogens with two attached hydrogens (primary N) is 1. The lowest BCUT2D eigenvalue weighted by molar-refractivity contribution is 0.357. The van der Waals surface area contributed by atoms with Crippen molar-refractivity contribution < 1.29 is 0 Å². The lowest BCUT2D eigenvalue weighted by Crippen LogP contribution is -2.17. The molecule has 94 valence electrons. The number of aromatic nitrogens is 1. The minimum Gasteiger partial charge on any atom is -0.383 e. The Kier molecular flexibility index (Phi) is 4.74. The first-order valence-corrected chi connectivity index (χ1v) is 7.92. The van der Waals surface area contributed by atoms with Gasteiger partial charge in [-0.3, -0.25) is 0 Å². The molecule has 2 rings (SSSR count). The molecule has 4 heteroatoms. The summed E-state index contributed by atoms with van der Waals surface area (Å²) in [6, 6.07) is 2.08. The van der Waals surface area contributed by atoms with Crippen molar-refractivity contribution in [3.63, 3.8) is 0 Å².